The topological polar surface area (TPSA) is 45.4 Å². The second-order valence-corrected chi connectivity index (χ2v) is 3.20. The SMILES string of the molecule is CC(O)c1cc2c(o1)CCNC2. The van der Waals surface area contributed by atoms with Crippen LogP contribution in [0.25, 0.3) is 0 Å². The first kappa shape index (κ1) is 7.83. The molecule has 1 aromatic heterocycles. The van der Waals surface area contributed by atoms with Crippen molar-refractivity contribution in [3.63, 3.8) is 0 Å². The number of hydrogen-bond acceptors (Lipinski definition) is 3. The van der Waals surface area contributed by atoms with E-state index in [0.29, 0.717) is 5.76 Å². The number of hydrogen-bond donors (Lipinski definition) is 2. The number of fused-ring (bicyclic) bond motifs is 1. The molecule has 3 nitrogen and oxygen atoms in total. The molecule has 2 N–H and O–H groups in total. The third-order valence-corrected chi connectivity index (χ3v) is 2.17. The molecule has 0 amide bonds. The van der Waals surface area contributed by atoms with Gasteiger partial charge < -0.3 is 14.8 Å². The second-order valence-electron chi connectivity index (χ2n) is 3.20. The number of nitrogens with one attached hydrogen (secondary N) is 1. The van der Waals surface area contributed by atoms with Gasteiger partial charge in [-0.25, -0.2) is 0 Å². The Bertz CT molecular complexity index is 255. The Hall–Kier alpha value is -0.800. The fourth-order valence-corrected chi connectivity index (χ4v) is 1.48. The molecule has 0 bridgehead atoms. The van der Waals surface area contributed by atoms with E-state index < -0.39 is 6.10 Å². The number of aliphatic hydroxyl groups excluding tert-OH is 1. The van der Waals surface area contributed by atoms with Gasteiger partial charge in [0.15, 0.2) is 0 Å². The van der Waals surface area contributed by atoms with Gasteiger partial charge in [-0.05, 0) is 13.0 Å². The summed E-state index contributed by atoms with van der Waals surface area (Å²) in [6.07, 6.45) is 0.442. The smallest absolute Gasteiger partial charge is 0.132 e. The Morgan fingerprint density at radius 1 is 1.67 bits per heavy atom. The van der Waals surface area contributed by atoms with Crippen molar-refractivity contribution < 1.29 is 9.52 Å². The Labute approximate surface area is 71.4 Å². The zero-order chi connectivity index (χ0) is 8.55. The van der Waals surface area contributed by atoms with Gasteiger partial charge in [0.2, 0.25) is 0 Å². The first-order valence-corrected chi connectivity index (χ1v) is 4.27. The fraction of sp³-hybridized carbons (Fsp3) is 0.556. The highest BCUT2D eigenvalue weighted by Crippen LogP contribution is 2.22. The predicted molar refractivity (Wildman–Crippen MR) is 44.8 cm³/mol. The molecule has 0 aromatic carbocycles. The Morgan fingerprint density at radius 2 is 2.50 bits per heavy atom. The summed E-state index contributed by atoms with van der Waals surface area (Å²) in [4.78, 5) is 0. The largest absolute Gasteiger partial charge is 0.463 e. The number of rotatable bonds is 1. The molecule has 1 atom stereocenters. The van der Waals surface area contributed by atoms with Crippen molar-refractivity contribution in [1.29, 1.82) is 0 Å². The lowest BCUT2D eigenvalue weighted by molar-refractivity contribution is 0.167. The van der Waals surface area contributed by atoms with E-state index in [1.807, 2.05) is 6.07 Å². The van der Waals surface area contributed by atoms with E-state index in [1.165, 1.54) is 5.56 Å². The average molecular weight is 167 g/mol. The molecule has 0 fully saturated rings. The molecule has 0 aliphatic carbocycles. The van der Waals surface area contributed by atoms with Crippen LogP contribution in [0.4, 0.5) is 0 Å². The third-order valence-electron chi connectivity index (χ3n) is 2.17. The van der Waals surface area contributed by atoms with Crippen molar-refractivity contribution in [3.05, 3.63) is 23.2 Å². The molecule has 66 valence electrons. The van der Waals surface area contributed by atoms with E-state index in [2.05, 4.69) is 5.32 Å². The molecule has 3 heteroatoms. The van der Waals surface area contributed by atoms with Crippen LogP contribution in [0.15, 0.2) is 10.5 Å². The number of aliphatic hydroxyl groups is 1. The van der Waals surface area contributed by atoms with E-state index in [1.54, 1.807) is 6.92 Å². The van der Waals surface area contributed by atoms with Crippen molar-refractivity contribution in [3.8, 4) is 0 Å². The lowest BCUT2D eigenvalue weighted by Gasteiger charge is -2.09. The maximum atomic E-state index is 9.26. The second kappa shape index (κ2) is 2.92. The van der Waals surface area contributed by atoms with Crippen LogP contribution in [0.2, 0.25) is 0 Å². The van der Waals surface area contributed by atoms with Crippen molar-refractivity contribution >= 4 is 0 Å². The zero-order valence-electron chi connectivity index (χ0n) is 7.13. The highest BCUT2D eigenvalue weighted by Gasteiger charge is 2.16. The monoisotopic (exact) mass is 167 g/mol. The summed E-state index contributed by atoms with van der Waals surface area (Å²) in [5.41, 5.74) is 1.19. The molecule has 1 unspecified atom stereocenters. The summed E-state index contributed by atoms with van der Waals surface area (Å²) < 4.78 is 5.48. The standard InChI is InChI=1S/C9H13NO2/c1-6(11)9-4-7-5-10-3-2-8(7)12-9/h4,6,10-11H,2-3,5H2,1H3. The van der Waals surface area contributed by atoms with Crippen LogP contribution in [0.3, 0.4) is 0 Å². The molecule has 1 aromatic rings. The molecule has 0 saturated carbocycles. The Kier molecular flexibility index (Phi) is 1.90. The van der Waals surface area contributed by atoms with Gasteiger partial charge in [-0.1, -0.05) is 0 Å². The van der Waals surface area contributed by atoms with Crippen LogP contribution in [0.5, 0.6) is 0 Å². The molecule has 0 saturated heterocycles. The minimum absolute atomic E-state index is 0.490. The van der Waals surface area contributed by atoms with Crippen LogP contribution < -0.4 is 5.32 Å². The fourth-order valence-electron chi connectivity index (χ4n) is 1.48. The minimum Gasteiger partial charge on any atom is -0.463 e. The lowest BCUT2D eigenvalue weighted by atomic mass is 10.1. The number of furan rings is 1. The predicted octanol–water partition coefficient (Wildman–Crippen LogP) is 0.979. The summed E-state index contributed by atoms with van der Waals surface area (Å²) in [5.74, 6) is 1.72. The molecular weight excluding hydrogens is 154 g/mol. The van der Waals surface area contributed by atoms with E-state index in [0.717, 1.165) is 25.3 Å². The van der Waals surface area contributed by atoms with Crippen molar-refractivity contribution in [1.82, 2.24) is 5.32 Å². The first-order chi connectivity index (χ1) is 5.77. The van der Waals surface area contributed by atoms with Crippen molar-refractivity contribution in [2.75, 3.05) is 6.54 Å². The zero-order valence-corrected chi connectivity index (χ0v) is 7.13. The normalized spacial score (nSPS) is 18.8. The summed E-state index contributed by atoms with van der Waals surface area (Å²) in [5, 5.41) is 12.5. The molecule has 1 aliphatic heterocycles. The van der Waals surface area contributed by atoms with E-state index >= 15 is 0 Å². The highest BCUT2D eigenvalue weighted by atomic mass is 16.4. The quantitative estimate of drug-likeness (QED) is 0.655. The first-order valence-electron chi connectivity index (χ1n) is 4.27. The highest BCUT2D eigenvalue weighted by molar-refractivity contribution is 5.24. The van der Waals surface area contributed by atoms with Crippen molar-refractivity contribution in [2.45, 2.75) is 26.0 Å². The molecule has 0 spiro atoms. The van der Waals surface area contributed by atoms with Gasteiger partial charge in [0.1, 0.15) is 17.6 Å². The summed E-state index contributed by atoms with van der Waals surface area (Å²) in [6, 6.07) is 1.94. The van der Waals surface area contributed by atoms with E-state index in [4.69, 9.17) is 4.42 Å². The van der Waals surface area contributed by atoms with E-state index in [-0.39, 0.29) is 0 Å². The van der Waals surface area contributed by atoms with Crippen LogP contribution in [-0.4, -0.2) is 11.7 Å². The van der Waals surface area contributed by atoms with Gasteiger partial charge in [-0.15, -0.1) is 0 Å². The maximum Gasteiger partial charge on any atom is 0.132 e. The third kappa shape index (κ3) is 1.26. The van der Waals surface area contributed by atoms with Crippen LogP contribution in [-0.2, 0) is 13.0 Å². The molecule has 12 heavy (non-hydrogen) atoms. The van der Waals surface area contributed by atoms with Gasteiger partial charge in [0.25, 0.3) is 0 Å². The van der Waals surface area contributed by atoms with Crippen LogP contribution in [0, 0.1) is 0 Å². The van der Waals surface area contributed by atoms with Gasteiger partial charge in [0.05, 0.1) is 0 Å². The van der Waals surface area contributed by atoms with Crippen LogP contribution in [0.1, 0.15) is 30.1 Å². The Balaban J connectivity index is 2.32. The van der Waals surface area contributed by atoms with Gasteiger partial charge in [0, 0.05) is 25.1 Å². The summed E-state index contributed by atoms with van der Waals surface area (Å²) >= 11 is 0. The molecule has 0 radical (unpaired) electrons. The Morgan fingerprint density at radius 3 is 3.17 bits per heavy atom. The lowest BCUT2D eigenvalue weighted by Crippen LogP contribution is -2.22. The van der Waals surface area contributed by atoms with Crippen LogP contribution >= 0.6 is 0 Å². The maximum absolute atomic E-state index is 9.26. The molecular formula is C9H13NO2. The molecule has 2 heterocycles. The summed E-state index contributed by atoms with van der Waals surface area (Å²) in [7, 11) is 0. The average Bonchev–Trinajstić information content (AvgIpc) is 2.46. The van der Waals surface area contributed by atoms with Gasteiger partial charge in [-0.2, -0.15) is 0 Å². The van der Waals surface area contributed by atoms with Gasteiger partial charge >= 0.3 is 0 Å². The van der Waals surface area contributed by atoms with Crippen molar-refractivity contribution in [2.24, 2.45) is 0 Å². The van der Waals surface area contributed by atoms with E-state index in [9.17, 15) is 5.11 Å². The molecule has 1 aliphatic rings. The van der Waals surface area contributed by atoms with Gasteiger partial charge in [-0.3, -0.25) is 0 Å². The summed E-state index contributed by atoms with van der Waals surface area (Å²) in [6.45, 7) is 3.56. The molecule has 2 rings (SSSR count). The minimum atomic E-state index is -0.490.